The van der Waals surface area contributed by atoms with Gasteiger partial charge in [-0.25, -0.2) is 4.79 Å². The fourth-order valence-corrected chi connectivity index (χ4v) is 2.79. The van der Waals surface area contributed by atoms with Crippen LogP contribution in [0.25, 0.3) is 0 Å². The molecule has 2 heterocycles. The van der Waals surface area contributed by atoms with Gasteiger partial charge in [0.25, 0.3) is 5.91 Å². The number of carbonyl (C=O) groups excluding carboxylic acids is 3. The molecular formula is C14H24N4O3. The average Bonchev–Trinajstić information content (AvgIpc) is 2.69. The van der Waals surface area contributed by atoms with Crippen LogP contribution < -0.4 is 10.6 Å². The zero-order valence-corrected chi connectivity index (χ0v) is 12.8. The van der Waals surface area contributed by atoms with Crippen molar-refractivity contribution in [3.8, 4) is 0 Å². The Hall–Kier alpha value is -1.63. The molecule has 2 fully saturated rings. The van der Waals surface area contributed by atoms with Crippen LogP contribution in [0.5, 0.6) is 0 Å². The van der Waals surface area contributed by atoms with E-state index in [9.17, 15) is 14.4 Å². The highest BCUT2D eigenvalue weighted by Crippen LogP contribution is 2.26. The first kappa shape index (κ1) is 15.8. The SMILES string of the molecule is CCCCN(C)C(=O)CN1C(=O)NC2(CCNCC2)C1=O. The van der Waals surface area contributed by atoms with E-state index in [2.05, 4.69) is 17.6 Å². The number of hydrogen-bond donors (Lipinski definition) is 2. The number of amides is 4. The molecule has 0 aromatic rings. The molecule has 21 heavy (non-hydrogen) atoms. The van der Waals surface area contributed by atoms with Crippen molar-refractivity contribution in [2.24, 2.45) is 0 Å². The second kappa shape index (κ2) is 6.43. The summed E-state index contributed by atoms with van der Waals surface area (Å²) < 4.78 is 0. The number of hydrogen-bond acceptors (Lipinski definition) is 4. The molecule has 0 atom stereocenters. The van der Waals surface area contributed by atoms with Gasteiger partial charge < -0.3 is 15.5 Å². The van der Waals surface area contributed by atoms with Gasteiger partial charge in [-0.1, -0.05) is 13.3 Å². The smallest absolute Gasteiger partial charge is 0.325 e. The second-order valence-corrected chi connectivity index (χ2v) is 5.82. The predicted molar refractivity (Wildman–Crippen MR) is 77.6 cm³/mol. The van der Waals surface area contributed by atoms with Crippen molar-refractivity contribution in [2.75, 3.05) is 33.2 Å². The van der Waals surface area contributed by atoms with Gasteiger partial charge in [-0.2, -0.15) is 0 Å². The molecule has 2 aliphatic rings. The summed E-state index contributed by atoms with van der Waals surface area (Å²) in [7, 11) is 1.71. The minimum absolute atomic E-state index is 0.167. The van der Waals surface area contributed by atoms with Crippen molar-refractivity contribution >= 4 is 17.8 Å². The number of rotatable bonds is 5. The molecule has 0 aromatic carbocycles. The van der Waals surface area contributed by atoms with Crippen molar-refractivity contribution in [3.63, 3.8) is 0 Å². The Balaban J connectivity index is 1.98. The fourth-order valence-electron chi connectivity index (χ4n) is 2.79. The van der Waals surface area contributed by atoms with Gasteiger partial charge in [0, 0.05) is 13.6 Å². The lowest BCUT2D eigenvalue weighted by atomic mass is 9.88. The summed E-state index contributed by atoms with van der Waals surface area (Å²) in [6, 6.07) is -0.445. The quantitative estimate of drug-likeness (QED) is 0.695. The highest BCUT2D eigenvalue weighted by Gasteiger charge is 2.51. The summed E-state index contributed by atoms with van der Waals surface area (Å²) in [6.45, 7) is 3.93. The van der Waals surface area contributed by atoms with Crippen LogP contribution in [0.3, 0.4) is 0 Å². The molecule has 7 nitrogen and oxygen atoms in total. The number of carbonyl (C=O) groups is 3. The first-order valence-electron chi connectivity index (χ1n) is 7.59. The number of likely N-dealkylation sites (N-methyl/N-ethyl adjacent to an activating group) is 1. The van der Waals surface area contributed by atoms with Gasteiger partial charge in [-0.05, 0) is 32.4 Å². The van der Waals surface area contributed by atoms with Gasteiger partial charge in [-0.3, -0.25) is 14.5 Å². The zero-order valence-electron chi connectivity index (χ0n) is 12.8. The van der Waals surface area contributed by atoms with Crippen LogP contribution in [-0.2, 0) is 9.59 Å². The molecule has 0 unspecified atom stereocenters. The highest BCUT2D eigenvalue weighted by atomic mass is 16.2. The van der Waals surface area contributed by atoms with Gasteiger partial charge in [0.15, 0.2) is 0 Å². The van der Waals surface area contributed by atoms with Crippen molar-refractivity contribution < 1.29 is 14.4 Å². The second-order valence-electron chi connectivity index (χ2n) is 5.82. The number of unbranched alkanes of at least 4 members (excludes halogenated alkanes) is 1. The summed E-state index contributed by atoms with van der Waals surface area (Å²) in [6.07, 6.45) is 3.07. The third-order valence-electron chi connectivity index (χ3n) is 4.27. The number of nitrogens with zero attached hydrogens (tertiary/aromatic N) is 2. The summed E-state index contributed by atoms with van der Waals surface area (Å²) in [5, 5.41) is 5.95. The first-order chi connectivity index (χ1) is 10.00. The number of imide groups is 1. The number of urea groups is 1. The molecule has 2 rings (SSSR count). The van der Waals surface area contributed by atoms with Gasteiger partial charge in [0.1, 0.15) is 12.1 Å². The summed E-state index contributed by atoms with van der Waals surface area (Å²) in [5.74, 6) is -0.454. The molecule has 7 heteroatoms. The van der Waals surface area contributed by atoms with E-state index in [1.54, 1.807) is 11.9 Å². The molecule has 0 bridgehead atoms. The maximum absolute atomic E-state index is 12.5. The van der Waals surface area contributed by atoms with E-state index in [1.165, 1.54) is 0 Å². The molecule has 0 aromatic heterocycles. The van der Waals surface area contributed by atoms with Crippen LogP contribution in [0.2, 0.25) is 0 Å². The monoisotopic (exact) mass is 296 g/mol. The fraction of sp³-hybridized carbons (Fsp3) is 0.786. The van der Waals surface area contributed by atoms with Crippen molar-refractivity contribution in [1.29, 1.82) is 0 Å². The van der Waals surface area contributed by atoms with Crippen LogP contribution in [0.15, 0.2) is 0 Å². The number of nitrogens with one attached hydrogen (secondary N) is 2. The van der Waals surface area contributed by atoms with Crippen LogP contribution in [0.4, 0.5) is 4.79 Å². The van der Waals surface area contributed by atoms with Crippen LogP contribution >= 0.6 is 0 Å². The Morgan fingerprint density at radius 3 is 2.62 bits per heavy atom. The van der Waals surface area contributed by atoms with Crippen LogP contribution in [-0.4, -0.2) is 66.4 Å². The molecule has 2 saturated heterocycles. The van der Waals surface area contributed by atoms with Crippen LogP contribution in [0.1, 0.15) is 32.6 Å². The Kier molecular flexibility index (Phi) is 4.82. The molecule has 2 aliphatic heterocycles. The van der Waals surface area contributed by atoms with Gasteiger partial charge in [-0.15, -0.1) is 0 Å². The van der Waals surface area contributed by atoms with E-state index < -0.39 is 11.6 Å². The molecule has 0 radical (unpaired) electrons. The third-order valence-corrected chi connectivity index (χ3v) is 4.27. The van der Waals surface area contributed by atoms with Gasteiger partial charge in [0.2, 0.25) is 5.91 Å². The topological polar surface area (TPSA) is 81.8 Å². The molecule has 1 spiro atoms. The lowest BCUT2D eigenvalue weighted by molar-refractivity contribution is -0.138. The lowest BCUT2D eigenvalue weighted by Gasteiger charge is -2.31. The Morgan fingerprint density at radius 2 is 2.00 bits per heavy atom. The third kappa shape index (κ3) is 3.18. The molecular weight excluding hydrogens is 272 g/mol. The summed E-state index contributed by atoms with van der Waals surface area (Å²) >= 11 is 0. The van der Waals surface area contributed by atoms with E-state index in [0.29, 0.717) is 32.5 Å². The molecule has 4 amide bonds. The largest absolute Gasteiger partial charge is 0.344 e. The van der Waals surface area contributed by atoms with Crippen molar-refractivity contribution in [1.82, 2.24) is 20.4 Å². The molecule has 0 saturated carbocycles. The van der Waals surface area contributed by atoms with Crippen molar-refractivity contribution in [3.05, 3.63) is 0 Å². The van der Waals surface area contributed by atoms with E-state index in [1.807, 2.05) is 0 Å². The lowest BCUT2D eigenvalue weighted by Crippen LogP contribution is -2.54. The van der Waals surface area contributed by atoms with Gasteiger partial charge >= 0.3 is 6.03 Å². The predicted octanol–water partition coefficient (Wildman–Crippen LogP) is -0.0811. The highest BCUT2D eigenvalue weighted by molar-refractivity contribution is 6.09. The van der Waals surface area contributed by atoms with E-state index in [-0.39, 0.29) is 18.4 Å². The maximum Gasteiger partial charge on any atom is 0.325 e. The molecule has 2 N–H and O–H groups in total. The summed E-state index contributed by atoms with van der Waals surface area (Å²) in [5.41, 5.74) is -0.801. The van der Waals surface area contributed by atoms with E-state index >= 15 is 0 Å². The Bertz CT molecular complexity index is 432. The first-order valence-corrected chi connectivity index (χ1v) is 7.59. The Morgan fingerprint density at radius 1 is 1.33 bits per heavy atom. The minimum Gasteiger partial charge on any atom is -0.344 e. The van der Waals surface area contributed by atoms with E-state index in [4.69, 9.17) is 0 Å². The minimum atomic E-state index is -0.801. The number of piperidine rings is 1. The average molecular weight is 296 g/mol. The maximum atomic E-state index is 12.5. The van der Waals surface area contributed by atoms with E-state index in [0.717, 1.165) is 17.7 Å². The van der Waals surface area contributed by atoms with Crippen molar-refractivity contribution in [2.45, 2.75) is 38.1 Å². The summed E-state index contributed by atoms with van der Waals surface area (Å²) in [4.78, 5) is 39.3. The standard InChI is InChI=1S/C14H24N4O3/c1-3-4-9-17(2)11(19)10-18-12(20)14(16-13(18)21)5-7-15-8-6-14/h15H,3-10H2,1-2H3,(H,16,21). The molecule has 118 valence electrons. The normalized spacial score (nSPS) is 20.8. The Labute approximate surface area is 125 Å². The van der Waals surface area contributed by atoms with Crippen LogP contribution in [0, 0.1) is 0 Å². The van der Waals surface area contributed by atoms with Gasteiger partial charge in [0.05, 0.1) is 0 Å². The molecule has 0 aliphatic carbocycles. The zero-order chi connectivity index (χ0) is 15.5.